The molecular weight excluding hydrogens is 148 g/mol. The Morgan fingerprint density at radius 3 is 2.00 bits per heavy atom. The van der Waals surface area contributed by atoms with E-state index < -0.39 is 0 Å². The van der Waals surface area contributed by atoms with Crippen LogP contribution in [0, 0.1) is 5.92 Å². The van der Waals surface area contributed by atoms with Gasteiger partial charge in [-0.2, -0.15) is 0 Å². The number of rotatable bonds is 5. The van der Waals surface area contributed by atoms with Gasteiger partial charge in [0.2, 0.25) is 0 Å². The highest BCUT2D eigenvalue weighted by atomic mass is 15.5. The van der Waals surface area contributed by atoms with Crippen molar-refractivity contribution < 1.29 is 0 Å². The summed E-state index contributed by atoms with van der Waals surface area (Å²) in [5.74, 6) is 0.799. The minimum Gasteiger partial charge on any atom is -0.258 e. The molecule has 0 aromatic carbocycles. The third-order valence-electron chi connectivity index (χ3n) is 1.93. The molecule has 0 heterocycles. The Hall–Kier alpha value is -0.0800. The molecular formula is C10H26N2. The molecule has 0 fully saturated rings. The standard InChI is InChI=1S/C8H20N2.C2H6/c1-5-8(3)7-10(6-2)9-4;1-2/h8-9H,5-7H2,1-4H3;1-2H3. The number of hydrogen-bond donors (Lipinski definition) is 1. The van der Waals surface area contributed by atoms with Crippen LogP contribution >= 0.6 is 0 Å². The van der Waals surface area contributed by atoms with E-state index in [4.69, 9.17) is 0 Å². The predicted molar refractivity (Wildman–Crippen MR) is 57.1 cm³/mol. The van der Waals surface area contributed by atoms with Gasteiger partial charge in [-0.1, -0.05) is 41.0 Å². The van der Waals surface area contributed by atoms with E-state index in [-0.39, 0.29) is 0 Å². The van der Waals surface area contributed by atoms with Gasteiger partial charge >= 0.3 is 0 Å². The molecule has 0 bridgehead atoms. The first kappa shape index (κ1) is 14.4. The van der Waals surface area contributed by atoms with Crippen molar-refractivity contribution in [3.8, 4) is 0 Å². The summed E-state index contributed by atoms with van der Waals surface area (Å²) in [7, 11) is 1.98. The lowest BCUT2D eigenvalue weighted by Crippen LogP contribution is -2.37. The highest BCUT2D eigenvalue weighted by Gasteiger charge is 2.03. The van der Waals surface area contributed by atoms with E-state index in [0.717, 1.165) is 19.0 Å². The van der Waals surface area contributed by atoms with Gasteiger partial charge in [-0.3, -0.25) is 5.43 Å². The van der Waals surface area contributed by atoms with Crippen molar-refractivity contribution in [3.63, 3.8) is 0 Å². The number of nitrogens with one attached hydrogen (secondary N) is 1. The van der Waals surface area contributed by atoms with Crippen LogP contribution in [0.4, 0.5) is 0 Å². The van der Waals surface area contributed by atoms with Crippen LogP contribution in [0.3, 0.4) is 0 Å². The molecule has 0 radical (unpaired) electrons. The normalized spacial score (nSPS) is 12.2. The highest BCUT2D eigenvalue weighted by molar-refractivity contribution is 4.54. The molecule has 0 aliphatic carbocycles. The Bertz CT molecular complexity index is 70.2. The fourth-order valence-corrected chi connectivity index (χ4v) is 0.884. The van der Waals surface area contributed by atoms with Gasteiger partial charge < -0.3 is 0 Å². The Morgan fingerprint density at radius 2 is 1.75 bits per heavy atom. The predicted octanol–water partition coefficient (Wildman–Crippen LogP) is 2.52. The lowest BCUT2D eigenvalue weighted by atomic mass is 10.1. The molecule has 0 spiro atoms. The first-order valence-corrected chi connectivity index (χ1v) is 5.16. The molecule has 0 aliphatic heterocycles. The highest BCUT2D eigenvalue weighted by Crippen LogP contribution is 2.01. The Labute approximate surface area is 78.3 Å². The van der Waals surface area contributed by atoms with Crippen LogP contribution in [0.15, 0.2) is 0 Å². The van der Waals surface area contributed by atoms with Crippen molar-refractivity contribution in [1.82, 2.24) is 10.4 Å². The van der Waals surface area contributed by atoms with Crippen molar-refractivity contribution in [1.29, 1.82) is 0 Å². The molecule has 2 nitrogen and oxygen atoms in total. The molecule has 0 aromatic heterocycles. The first-order valence-electron chi connectivity index (χ1n) is 5.16. The van der Waals surface area contributed by atoms with Crippen molar-refractivity contribution in [2.45, 2.75) is 41.0 Å². The van der Waals surface area contributed by atoms with Gasteiger partial charge in [-0.05, 0) is 13.0 Å². The largest absolute Gasteiger partial charge is 0.258 e. The molecule has 12 heavy (non-hydrogen) atoms. The van der Waals surface area contributed by atoms with Crippen LogP contribution in [0.1, 0.15) is 41.0 Å². The number of nitrogens with zero attached hydrogens (tertiary/aromatic N) is 1. The van der Waals surface area contributed by atoms with Gasteiger partial charge in [0.1, 0.15) is 0 Å². The monoisotopic (exact) mass is 174 g/mol. The van der Waals surface area contributed by atoms with E-state index in [1.54, 1.807) is 0 Å². The van der Waals surface area contributed by atoms with E-state index in [1.165, 1.54) is 6.42 Å². The van der Waals surface area contributed by atoms with Crippen LogP contribution in [-0.2, 0) is 0 Å². The molecule has 0 aromatic rings. The zero-order valence-corrected chi connectivity index (χ0v) is 9.65. The summed E-state index contributed by atoms with van der Waals surface area (Å²) in [6.07, 6.45) is 1.26. The SMILES string of the molecule is CC.CCC(C)CN(CC)NC. The Balaban J connectivity index is 0. The van der Waals surface area contributed by atoms with E-state index in [9.17, 15) is 0 Å². The molecule has 2 heteroatoms. The van der Waals surface area contributed by atoms with E-state index in [2.05, 4.69) is 31.2 Å². The van der Waals surface area contributed by atoms with Crippen LogP contribution < -0.4 is 5.43 Å². The summed E-state index contributed by atoms with van der Waals surface area (Å²) in [6, 6.07) is 0. The summed E-state index contributed by atoms with van der Waals surface area (Å²) < 4.78 is 0. The fourth-order valence-electron chi connectivity index (χ4n) is 0.884. The molecule has 76 valence electrons. The lowest BCUT2D eigenvalue weighted by molar-refractivity contribution is 0.187. The maximum absolute atomic E-state index is 3.15. The quantitative estimate of drug-likeness (QED) is 0.644. The molecule has 0 saturated heterocycles. The van der Waals surface area contributed by atoms with E-state index in [0.29, 0.717) is 0 Å². The minimum atomic E-state index is 0.799. The molecule has 0 aliphatic rings. The average molecular weight is 174 g/mol. The van der Waals surface area contributed by atoms with Gasteiger partial charge in [0.15, 0.2) is 0 Å². The Morgan fingerprint density at radius 1 is 1.25 bits per heavy atom. The van der Waals surface area contributed by atoms with Crippen molar-refractivity contribution in [2.24, 2.45) is 5.92 Å². The Kier molecular flexibility index (Phi) is 13.1. The molecule has 1 unspecified atom stereocenters. The van der Waals surface area contributed by atoms with Crippen LogP contribution in [0.2, 0.25) is 0 Å². The second-order valence-electron chi connectivity index (χ2n) is 2.78. The lowest BCUT2D eigenvalue weighted by Gasteiger charge is -2.22. The third kappa shape index (κ3) is 8.02. The second kappa shape index (κ2) is 10.9. The molecule has 0 rings (SSSR count). The van der Waals surface area contributed by atoms with Gasteiger partial charge in [0, 0.05) is 13.1 Å². The molecule has 1 N–H and O–H groups in total. The van der Waals surface area contributed by atoms with Crippen molar-refractivity contribution >= 4 is 0 Å². The zero-order valence-electron chi connectivity index (χ0n) is 9.65. The summed E-state index contributed by atoms with van der Waals surface area (Å²) in [5.41, 5.74) is 3.15. The van der Waals surface area contributed by atoms with E-state index >= 15 is 0 Å². The van der Waals surface area contributed by atoms with Crippen LogP contribution in [0.5, 0.6) is 0 Å². The fraction of sp³-hybridized carbons (Fsp3) is 1.00. The van der Waals surface area contributed by atoms with Crippen molar-refractivity contribution in [3.05, 3.63) is 0 Å². The zero-order chi connectivity index (χ0) is 9.98. The summed E-state index contributed by atoms with van der Waals surface area (Å²) in [6.45, 7) is 12.9. The van der Waals surface area contributed by atoms with Gasteiger partial charge in [-0.15, -0.1) is 0 Å². The molecule has 1 atom stereocenters. The number of hydrazine groups is 1. The smallest absolute Gasteiger partial charge is 0.0156 e. The van der Waals surface area contributed by atoms with Gasteiger partial charge in [0.25, 0.3) is 0 Å². The maximum atomic E-state index is 3.15. The van der Waals surface area contributed by atoms with E-state index in [1.807, 2.05) is 20.9 Å². The number of hydrogen-bond acceptors (Lipinski definition) is 2. The molecule has 0 amide bonds. The average Bonchev–Trinajstić information content (AvgIpc) is 2.16. The summed E-state index contributed by atoms with van der Waals surface area (Å²) in [4.78, 5) is 0. The van der Waals surface area contributed by atoms with Crippen LogP contribution in [0.25, 0.3) is 0 Å². The maximum Gasteiger partial charge on any atom is 0.0156 e. The van der Waals surface area contributed by atoms with Gasteiger partial charge in [-0.25, -0.2) is 5.01 Å². The van der Waals surface area contributed by atoms with Crippen molar-refractivity contribution in [2.75, 3.05) is 20.1 Å². The summed E-state index contributed by atoms with van der Waals surface area (Å²) in [5, 5.41) is 2.23. The topological polar surface area (TPSA) is 15.3 Å². The second-order valence-corrected chi connectivity index (χ2v) is 2.78. The minimum absolute atomic E-state index is 0.799. The van der Waals surface area contributed by atoms with Gasteiger partial charge in [0.05, 0.1) is 0 Å². The molecule has 0 saturated carbocycles. The first-order chi connectivity index (χ1) is 5.74. The van der Waals surface area contributed by atoms with Crippen LogP contribution in [-0.4, -0.2) is 25.1 Å². The third-order valence-corrected chi connectivity index (χ3v) is 1.93. The summed E-state index contributed by atoms with van der Waals surface area (Å²) >= 11 is 0.